The van der Waals surface area contributed by atoms with Crippen LogP contribution in [0.4, 0.5) is 5.69 Å². The minimum Gasteiger partial charge on any atom is -0.497 e. The van der Waals surface area contributed by atoms with Crippen molar-refractivity contribution in [1.29, 1.82) is 0 Å². The molecule has 0 saturated heterocycles. The molecule has 5 nitrogen and oxygen atoms in total. The summed E-state index contributed by atoms with van der Waals surface area (Å²) in [6.07, 6.45) is 0. The molecule has 2 rings (SSSR count). The Morgan fingerprint density at radius 2 is 1.88 bits per heavy atom. The number of ether oxygens (including phenoxy) is 2. The van der Waals surface area contributed by atoms with Gasteiger partial charge in [0.05, 0.1) is 27.0 Å². The van der Waals surface area contributed by atoms with Gasteiger partial charge in [0.25, 0.3) is 5.91 Å². The number of likely N-dealkylation sites (N-methyl/N-ethyl adjacent to an activating group) is 1. The lowest BCUT2D eigenvalue weighted by Crippen LogP contribution is -3.12. The Bertz CT molecular complexity index is 688. The normalized spacial score (nSPS) is 13.0. The molecule has 2 aromatic carbocycles. The summed E-state index contributed by atoms with van der Waals surface area (Å²) in [5, 5.41) is 2.94. The van der Waals surface area contributed by atoms with E-state index in [2.05, 4.69) is 5.32 Å². The summed E-state index contributed by atoms with van der Waals surface area (Å²) >= 11 is 0. The van der Waals surface area contributed by atoms with E-state index in [1.165, 1.54) is 0 Å². The number of rotatable bonds is 7. The Morgan fingerprint density at radius 1 is 1.12 bits per heavy atom. The molecule has 2 aromatic rings. The number of hydrogen-bond donors (Lipinski definition) is 2. The van der Waals surface area contributed by atoms with Gasteiger partial charge in [-0.3, -0.25) is 4.79 Å². The van der Waals surface area contributed by atoms with E-state index < -0.39 is 0 Å². The molecule has 2 N–H and O–H groups in total. The number of amides is 1. The number of methoxy groups -OCH3 is 2. The molecule has 1 unspecified atom stereocenters. The molecule has 0 aliphatic rings. The van der Waals surface area contributed by atoms with Crippen LogP contribution in [-0.4, -0.2) is 33.2 Å². The third kappa shape index (κ3) is 4.49. The molecule has 1 amide bonds. The molecular formula is C19H25N2O3+. The lowest BCUT2D eigenvalue weighted by atomic mass is 10.1. The second kappa shape index (κ2) is 8.36. The second-order valence-corrected chi connectivity index (χ2v) is 5.79. The first-order valence-corrected chi connectivity index (χ1v) is 7.94. The number of para-hydroxylation sites is 2. The third-order valence-electron chi connectivity index (χ3n) is 4.11. The Kier molecular flexibility index (Phi) is 6.21. The maximum atomic E-state index is 12.5. The number of carbonyl (C=O) groups is 1. The fraction of sp³-hybridized carbons (Fsp3) is 0.316. The summed E-state index contributed by atoms with van der Waals surface area (Å²) < 4.78 is 10.5. The third-order valence-corrected chi connectivity index (χ3v) is 4.11. The van der Waals surface area contributed by atoms with Gasteiger partial charge >= 0.3 is 0 Å². The molecule has 0 aliphatic heterocycles. The van der Waals surface area contributed by atoms with Crippen LogP contribution < -0.4 is 19.7 Å². The SMILES string of the molecule is COc1cccc(C[NH+](C)[C@@H](C)C(=O)Nc2ccccc2OC)c1. The first-order chi connectivity index (χ1) is 11.5. The van der Waals surface area contributed by atoms with Crippen LogP contribution in [0.1, 0.15) is 12.5 Å². The van der Waals surface area contributed by atoms with Crippen molar-refractivity contribution in [3.05, 3.63) is 54.1 Å². The highest BCUT2D eigenvalue weighted by molar-refractivity contribution is 5.94. The Hall–Kier alpha value is -2.53. The molecule has 0 saturated carbocycles. The summed E-state index contributed by atoms with van der Waals surface area (Å²) in [6.45, 7) is 2.65. The van der Waals surface area contributed by atoms with Gasteiger partial charge in [0.2, 0.25) is 0 Å². The van der Waals surface area contributed by atoms with Gasteiger partial charge in [-0.25, -0.2) is 0 Å². The van der Waals surface area contributed by atoms with Crippen molar-refractivity contribution < 1.29 is 19.2 Å². The van der Waals surface area contributed by atoms with Crippen molar-refractivity contribution in [3.8, 4) is 11.5 Å². The van der Waals surface area contributed by atoms with Crippen molar-refractivity contribution in [1.82, 2.24) is 0 Å². The van der Waals surface area contributed by atoms with E-state index in [0.29, 0.717) is 11.4 Å². The summed E-state index contributed by atoms with van der Waals surface area (Å²) in [4.78, 5) is 13.6. The zero-order valence-corrected chi connectivity index (χ0v) is 14.6. The van der Waals surface area contributed by atoms with E-state index in [9.17, 15) is 4.79 Å². The molecule has 24 heavy (non-hydrogen) atoms. The van der Waals surface area contributed by atoms with Crippen molar-refractivity contribution in [2.24, 2.45) is 0 Å². The molecule has 0 aromatic heterocycles. The van der Waals surface area contributed by atoms with E-state index in [0.717, 1.165) is 22.8 Å². The van der Waals surface area contributed by atoms with Gasteiger partial charge in [-0.1, -0.05) is 24.3 Å². The fourth-order valence-corrected chi connectivity index (χ4v) is 2.47. The fourth-order valence-electron chi connectivity index (χ4n) is 2.47. The molecule has 2 atom stereocenters. The van der Waals surface area contributed by atoms with Crippen LogP contribution in [0.15, 0.2) is 48.5 Å². The number of hydrogen-bond acceptors (Lipinski definition) is 3. The number of benzene rings is 2. The van der Waals surface area contributed by atoms with Gasteiger partial charge in [0.15, 0.2) is 6.04 Å². The first kappa shape index (κ1) is 17.8. The van der Waals surface area contributed by atoms with Gasteiger partial charge in [-0.15, -0.1) is 0 Å². The maximum Gasteiger partial charge on any atom is 0.282 e. The Morgan fingerprint density at radius 3 is 2.58 bits per heavy atom. The van der Waals surface area contributed by atoms with Crippen molar-refractivity contribution in [3.63, 3.8) is 0 Å². The van der Waals surface area contributed by atoms with E-state index in [1.807, 2.05) is 62.5 Å². The molecule has 0 bridgehead atoms. The minimum atomic E-state index is -0.207. The lowest BCUT2D eigenvalue weighted by molar-refractivity contribution is -0.907. The summed E-state index contributed by atoms with van der Waals surface area (Å²) in [6, 6.07) is 15.1. The van der Waals surface area contributed by atoms with Gasteiger partial charge in [-0.2, -0.15) is 0 Å². The molecule has 0 heterocycles. The highest BCUT2D eigenvalue weighted by Crippen LogP contribution is 2.22. The predicted molar refractivity (Wildman–Crippen MR) is 94.7 cm³/mol. The van der Waals surface area contributed by atoms with Crippen LogP contribution in [0.25, 0.3) is 0 Å². The molecule has 128 valence electrons. The van der Waals surface area contributed by atoms with Gasteiger partial charge < -0.3 is 19.7 Å². The first-order valence-electron chi connectivity index (χ1n) is 7.94. The van der Waals surface area contributed by atoms with Gasteiger partial charge in [0, 0.05) is 5.56 Å². The molecular weight excluding hydrogens is 304 g/mol. The average Bonchev–Trinajstić information content (AvgIpc) is 2.61. The number of nitrogens with one attached hydrogen (secondary N) is 2. The van der Waals surface area contributed by atoms with Crippen molar-refractivity contribution in [2.75, 3.05) is 26.6 Å². The number of carbonyl (C=O) groups excluding carboxylic acids is 1. The van der Waals surface area contributed by atoms with Gasteiger partial charge in [-0.05, 0) is 31.2 Å². The van der Waals surface area contributed by atoms with Crippen LogP contribution in [0.3, 0.4) is 0 Å². The quantitative estimate of drug-likeness (QED) is 0.814. The van der Waals surface area contributed by atoms with Crippen molar-refractivity contribution in [2.45, 2.75) is 19.5 Å². The monoisotopic (exact) mass is 329 g/mol. The molecule has 0 fully saturated rings. The van der Waals surface area contributed by atoms with E-state index in [-0.39, 0.29) is 11.9 Å². The largest absolute Gasteiger partial charge is 0.497 e. The molecule has 5 heteroatoms. The summed E-state index contributed by atoms with van der Waals surface area (Å²) in [5.41, 5.74) is 1.81. The van der Waals surface area contributed by atoms with Gasteiger partial charge in [0.1, 0.15) is 18.0 Å². The Labute approximate surface area is 143 Å². The zero-order chi connectivity index (χ0) is 17.5. The standard InChI is InChI=1S/C19H24N2O3/c1-14(19(22)20-17-10-5-6-11-18(17)24-4)21(2)13-15-8-7-9-16(12-15)23-3/h5-12,14H,13H2,1-4H3,(H,20,22)/p+1/t14-/m0/s1. The smallest absolute Gasteiger partial charge is 0.282 e. The summed E-state index contributed by atoms with van der Waals surface area (Å²) in [5.74, 6) is 1.44. The van der Waals surface area contributed by atoms with Crippen LogP contribution in [0.5, 0.6) is 11.5 Å². The van der Waals surface area contributed by atoms with Crippen LogP contribution in [-0.2, 0) is 11.3 Å². The van der Waals surface area contributed by atoms with E-state index >= 15 is 0 Å². The summed E-state index contributed by atoms with van der Waals surface area (Å²) in [7, 11) is 5.25. The lowest BCUT2D eigenvalue weighted by Gasteiger charge is -2.21. The van der Waals surface area contributed by atoms with Crippen molar-refractivity contribution >= 4 is 11.6 Å². The van der Waals surface area contributed by atoms with Crippen LogP contribution in [0.2, 0.25) is 0 Å². The highest BCUT2D eigenvalue weighted by atomic mass is 16.5. The zero-order valence-electron chi connectivity index (χ0n) is 14.6. The predicted octanol–water partition coefficient (Wildman–Crippen LogP) is 1.75. The van der Waals surface area contributed by atoms with E-state index in [4.69, 9.17) is 9.47 Å². The number of anilines is 1. The molecule has 0 spiro atoms. The van der Waals surface area contributed by atoms with Crippen LogP contribution >= 0.6 is 0 Å². The minimum absolute atomic E-state index is 0.0418. The number of quaternary nitrogens is 1. The topological polar surface area (TPSA) is 52.0 Å². The van der Waals surface area contributed by atoms with E-state index in [1.54, 1.807) is 14.2 Å². The second-order valence-electron chi connectivity index (χ2n) is 5.79. The Balaban J connectivity index is 2.01. The van der Waals surface area contributed by atoms with Crippen LogP contribution in [0, 0.1) is 0 Å². The molecule has 0 aliphatic carbocycles. The molecule has 0 radical (unpaired) electrons. The highest BCUT2D eigenvalue weighted by Gasteiger charge is 2.23. The average molecular weight is 329 g/mol. The maximum absolute atomic E-state index is 12.5.